The van der Waals surface area contributed by atoms with E-state index < -0.39 is 10.0 Å². The highest BCUT2D eigenvalue weighted by Gasteiger charge is 2.19. The van der Waals surface area contributed by atoms with Crippen LogP contribution in [-0.2, 0) is 14.8 Å². The van der Waals surface area contributed by atoms with Crippen LogP contribution in [0.3, 0.4) is 0 Å². The molecule has 1 heterocycles. The molecule has 0 saturated carbocycles. The zero-order valence-electron chi connectivity index (χ0n) is 18.8. The largest absolute Gasteiger partial charge is 0.495 e. The van der Waals surface area contributed by atoms with Gasteiger partial charge in [0.25, 0.3) is 0 Å². The van der Waals surface area contributed by atoms with Crippen molar-refractivity contribution in [1.29, 1.82) is 0 Å². The van der Waals surface area contributed by atoms with Gasteiger partial charge in [-0.15, -0.1) is 0 Å². The molecule has 8 nitrogen and oxygen atoms in total. The van der Waals surface area contributed by atoms with E-state index in [-0.39, 0.29) is 29.8 Å². The molecule has 178 valence electrons. The Morgan fingerprint density at radius 1 is 1.24 bits per heavy atom. The van der Waals surface area contributed by atoms with Gasteiger partial charge in [-0.1, -0.05) is 22.9 Å². The summed E-state index contributed by atoms with van der Waals surface area (Å²) in [6, 6.07) is 10.1. The molecule has 0 radical (unpaired) electrons. The molecule has 0 aliphatic carbocycles. The Hall–Kier alpha value is -2.56. The molecular weight excluding hydrogens is 486 g/mol. The Kier molecular flexibility index (Phi) is 7.71. The molecule has 0 aliphatic heterocycles. The fraction of sp³-hybridized carbons (Fsp3) is 0.364. The summed E-state index contributed by atoms with van der Waals surface area (Å²) >= 11 is 7.27. The highest BCUT2D eigenvalue weighted by atomic mass is 35.5. The van der Waals surface area contributed by atoms with E-state index in [0.29, 0.717) is 28.6 Å². The first kappa shape index (κ1) is 25.1. The average Bonchev–Trinajstić information content (AvgIpc) is 3.05. The summed E-state index contributed by atoms with van der Waals surface area (Å²) in [6.45, 7) is 4.01. The SMILES string of the molecule is COc1ccc(N(CCCC(=O)Nc2ccc3c(c2)sc(=O)n3C(C)C)S(C)(=O)=O)cc1Cl. The topological polar surface area (TPSA) is 97.7 Å². The van der Waals surface area contributed by atoms with Crippen LogP contribution in [0.1, 0.15) is 32.7 Å². The fourth-order valence-corrected chi connectivity index (χ4v) is 5.77. The monoisotopic (exact) mass is 511 g/mol. The summed E-state index contributed by atoms with van der Waals surface area (Å²) in [5, 5.41) is 3.12. The quantitative estimate of drug-likeness (QED) is 0.456. The molecule has 0 spiro atoms. The molecule has 1 amide bonds. The third-order valence-electron chi connectivity index (χ3n) is 5.00. The molecule has 0 bridgehead atoms. The number of fused-ring (bicyclic) bond motifs is 1. The Bertz CT molecular complexity index is 1330. The van der Waals surface area contributed by atoms with Gasteiger partial charge in [0.2, 0.25) is 15.9 Å². The molecule has 1 aromatic heterocycles. The lowest BCUT2D eigenvalue weighted by Gasteiger charge is -2.23. The van der Waals surface area contributed by atoms with Crippen molar-refractivity contribution in [3.63, 3.8) is 0 Å². The Morgan fingerprint density at radius 3 is 2.58 bits per heavy atom. The van der Waals surface area contributed by atoms with Crippen LogP contribution in [0.5, 0.6) is 5.75 Å². The number of carbonyl (C=O) groups excluding carboxylic acids is 1. The van der Waals surface area contributed by atoms with Crippen molar-refractivity contribution >= 4 is 60.5 Å². The van der Waals surface area contributed by atoms with Gasteiger partial charge in [0.1, 0.15) is 5.75 Å². The van der Waals surface area contributed by atoms with Gasteiger partial charge in [0.05, 0.1) is 34.3 Å². The van der Waals surface area contributed by atoms with Crippen molar-refractivity contribution in [1.82, 2.24) is 4.57 Å². The molecule has 0 atom stereocenters. The number of nitrogens with zero attached hydrogens (tertiary/aromatic N) is 2. The number of carbonyl (C=O) groups is 1. The molecule has 1 N–H and O–H groups in total. The Labute approximate surface area is 201 Å². The molecule has 33 heavy (non-hydrogen) atoms. The number of anilines is 2. The van der Waals surface area contributed by atoms with Gasteiger partial charge in [-0.25, -0.2) is 8.42 Å². The number of methoxy groups -OCH3 is 1. The first-order chi connectivity index (χ1) is 15.5. The van der Waals surface area contributed by atoms with Crippen LogP contribution < -0.4 is 19.2 Å². The predicted octanol–water partition coefficient (Wildman–Crippen LogP) is 4.49. The zero-order valence-corrected chi connectivity index (χ0v) is 21.2. The molecule has 0 aliphatic rings. The van der Waals surface area contributed by atoms with E-state index in [2.05, 4.69) is 5.32 Å². The van der Waals surface area contributed by atoms with Crippen molar-refractivity contribution in [2.24, 2.45) is 0 Å². The van der Waals surface area contributed by atoms with Crippen LogP contribution in [0.4, 0.5) is 11.4 Å². The third kappa shape index (κ3) is 5.87. The lowest BCUT2D eigenvalue weighted by atomic mass is 10.2. The summed E-state index contributed by atoms with van der Waals surface area (Å²) in [5.41, 5.74) is 1.82. The van der Waals surface area contributed by atoms with Gasteiger partial charge in [0, 0.05) is 24.7 Å². The lowest BCUT2D eigenvalue weighted by Crippen LogP contribution is -2.31. The Morgan fingerprint density at radius 2 is 1.97 bits per heavy atom. The molecule has 2 aromatic carbocycles. The van der Waals surface area contributed by atoms with Gasteiger partial charge < -0.3 is 10.1 Å². The summed E-state index contributed by atoms with van der Waals surface area (Å²) in [5.74, 6) is 0.199. The van der Waals surface area contributed by atoms with Crippen LogP contribution in [0, 0.1) is 0 Å². The number of benzene rings is 2. The minimum atomic E-state index is -3.57. The van der Waals surface area contributed by atoms with E-state index in [1.807, 2.05) is 19.9 Å². The number of thiazole rings is 1. The van der Waals surface area contributed by atoms with Crippen LogP contribution in [0.2, 0.25) is 5.02 Å². The van der Waals surface area contributed by atoms with E-state index in [4.69, 9.17) is 16.3 Å². The number of nitrogens with one attached hydrogen (secondary N) is 1. The number of hydrogen-bond acceptors (Lipinski definition) is 6. The summed E-state index contributed by atoms with van der Waals surface area (Å²) in [4.78, 5) is 24.6. The highest BCUT2D eigenvalue weighted by Crippen LogP contribution is 2.30. The molecule has 11 heteroatoms. The molecule has 0 unspecified atom stereocenters. The molecule has 3 rings (SSSR count). The van der Waals surface area contributed by atoms with Crippen molar-refractivity contribution in [2.75, 3.05) is 29.5 Å². The lowest BCUT2D eigenvalue weighted by molar-refractivity contribution is -0.116. The van der Waals surface area contributed by atoms with Gasteiger partial charge >= 0.3 is 4.87 Å². The molecule has 0 fully saturated rings. The van der Waals surface area contributed by atoms with E-state index >= 15 is 0 Å². The van der Waals surface area contributed by atoms with E-state index in [1.165, 1.54) is 17.5 Å². The normalized spacial score (nSPS) is 11.7. The highest BCUT2D eigenvalue weighted by molar-refractivity contribution is 7.92. The standard InChI is InChI=1S/C22H26ClN3O5S2/c1-14(2)26-18-9-7-15(12-20(18)32-22(26)28)24-21(27)6-5-11-25(33(4,29)30)16-8-10-19(31-3)17(23)13-16/h7-10,12-14H,5-6,11H2,1-4H3,(H,24,27). The van der Waals surface area contributed by atoms with Gasteiger partial charge in [-0.05, 0) is 56.7 Å². The van der Waals surface area contributed by atoms with Gasteiger partial charge in [-0.2, -0.15) is 0 Å². The number of rotatable bonds is 9. The second-order valence-corrected chi connectivity index (χ2v) is 11.1. The van der Waals surface area contributed by atoms with Gasteiger partial charge in [-0.3, -0.25) is 18.5 Å². The number of hydrogen-bond donors (Lipinski definition) is 1. The summed E-state index contributed by atoms with van der Waals surface area (Å²) < 4.78 is 33.4. The van der Waals surface area contributed by atoms with E-state index in [9.17, 15) is 18.0 Å². The van der Waals surface area contributed by atoms with Crippen LogP contribution >= 0.6 is 22.9 Å². The minimum Gasteiger partial charge on any atom is -0.495 e. The average molecular weight is 512 g/mol. The first-order valence-electron chi connectivity index (χ1n) is 10.3. The second-order valence-electron chi connectivity index (χ2n) is 7.82. The maximum absolute atomic E-state index is 12.5. The van der Waals surface area contributed by atoms with Crippen molar-refractivity contribution in [3.8, 4) is 5.75 Å². The zero-order chi connectivity index (χ0) is 24.3. The number of ether oxygens (including phenoxy) is 1. The number of amides is 1. The smallest absolute Gasteiger partial charge is 0.308 e. The predicted molar refractivity (Wildman–Crippen MR) is 135 cm³/mol. The second kappa shape index (κ2) is 10.1. The van der Waals surface area contributed by atoms with Crippen molar-refractivity contribution in [3.05, 3.63) is 51.1 Å². The van der Waals surface area contributed by atoms with E-state index in [0.717, 1.165) is 27.8 Å². The maximum Gasteiger partial charge on any atom is 0.308 e. The fourth-order valence-electron chi connectivity index (χ4n) is 3.51. The first-order valence-corrected chi connectivity index (χ1v) is 13.3. The Balaban J connectivity index is 1.66. The molecular formula is C22H26ClN3O5S2. The summed E-state index contributed by atoms with van der Waals surface area (Å²) in [7, 11) is -2.09. The minimum absolute atomic E-state index is 0.0389. The summed E-state index contributed by atoms with van der Waals surface area (Å²) in [6.07, 6.45) is 1.54. The van der Waals surface area contributed by atoms with Crippen LogP contribution in [-0.4, -0.2) is 38.8 Å². The number of aromatic nitrogens is 1. The van der Waals surface area contributed by atoms with Crippen molar-refractivity contribution < 1.29 is 17.9 Å². The maximum atomic E-state index is 12.5. The number of halogens is 1. The van der Waals surface area contributed by atoms with E-state index in [1.54, 1.807) is 28.8 Å². The molecule has 0 saturated heterocycles. The van der Waals surface area contributed by atoms with Crippen LogP contribution in [0.25, 0.3) is 10.2 Å². The van der Waals surface area contributed by atoms with Crippen LogP contribution in [0.15, 0.2) is 41.2 Å². The number of sulfonamides is 1. The van der Waals surface area contributed by atoms with Crippen molar-refractivity contribution in [2.45, 2.75) is 32.7 Å². The third-order valence-corrected chi connectivity index (χ3v) is 7.41. The molecule has 3 aromatic rings. The van der Waals surface area contributed by atoms with Gasteiger partial charge in [0.15, 0.2) is 0 Å².